The van der Waals surface area contributed by atoms with Gasteiger partial charge in [-0.15, -0.1) is 0 Å². The fourth-order valence-electron chi connectivity index (χ4n) is 2.59. The molecule has 1 N–H and O–H groups in total. The van der Waals surface area contributed by atoms with Gasteiger partial charge >= 0.3 is 29.6 Å². The minimum Gasteiger partial charge on any atom is -0.870 e. The summed E-state index contributed by atoms with van der Waals surface area (Å²) in [5.74, 6) is 0.422. The van der Waals surface area contributed by atoms with Crippen LogP contribution in [0.3, 0.4) is 0 Å². The Morgan fingerprint density at radius 3 is 2.27 bits per heavy atom. The van der Waals surface area contributed by atoms with E-state index >= 15 is 0 Å². The summed E-state index contributed by atoms with van der Waals surface area (Å²) in [5.41, 5.74) is 0.850. The van der Waals surface area contributed by atoms with Crippen LogP contribution < -0.4 is 39.4 Å². The SMILES string of the molecule is CCCCCCCc1cccc([O-])c1Oc1ccc(S(=O)(=O)O)cc1.[Na+]. The molecule has 0 fully saturated rings. The van der Waals surface area contributed by atoms with Gasteiger partial charge in [-0.3, -0.25) is 4.55 Å². The minimum absolute atomic E-state index is 0. The van der Waals surface area contributed by atoms with Crippen LogP contribution in [-0.4, -0.2) is 13.0 Å². The molecule has 7 heteroatoms. The summed E-state index contributed by atoms with van der Waals surface area (Å²) >= 11 is 0. The maximum atomic E-state index is 12.1. The topological polar surface area (TPSA) is 86.7 Å². The monoisotopic (exact) mass is 386 g/mol. The number of aryl methyl sites for hydroxylation is 1. The summed E-state index contributed by atoms with van der Waals surface area (Å²) in [6.07, 6.45) is 6.44. The van der Waals surface area contributed by atoms with E-state index in [0.717, 1.165) is 24.8 Å². The van der Waals surface area contributed by atoms with E-state index in [1.807, 2.05) is 6.07 Å². The van der Waals surface area contributed by atoms with Crippen LogP contribution in [0.25, 0.3) is 0 Å². The Kier molecular flexibility index (Phi) is 9.68. The van der Waals surface area contributed by atoms with Gasteiger partial charge in [-0.05, 0) is 42.7 Å². The molecule has 136 valence electrons. The summed E-state index contributed by atoms with van der Waals surface area (Å²) < 4.78 is 36.8. The maximum Gasteiger partial charge on any atom is 1.00 e. The van der Waals surface area contributed by atoms with Crippen molar-refractivity contribution in [2.75, 3.05) is 0 Å². The molecule has 0 heterocycles. The van der Waals surface area contributed by atoms with Gasteiger partial charge in [0.05, 0.1) is 4.90 Å². The molecule has 5 nitrogen and oxygen atoms in total. The zero-order valence-corrected chi connectivity index (χ0v) is 18.1. The average molecular weight is 386 g/mol. The number of hydrogen-bond acceptors (Lipinski definition) is 4. The molecule has 0 atom stereocenters. The molecule has 0 aromatic heterocycles. The second-order valence-corrected chi connectivity index (χ2v) is 7.38. The number of benzene rings is 2. The number of para-hydroxylation sites is 1. The number of ether oxygens (including phenoxy) is 1. The van der Waals surface area contributed by atoms with E-state index in [1.54, 1.807) is 6.07 Å². The smallest absolute Gasteiger partial charge is 0.870 e. The first-order chi connectivity index (χ1) is 11.9. The van der Waals surface area contributed by atoms with E-state index in [1.165, 1.54) is 49.6 Å². The Morgan fingerprint density at radius 2 is 1.65 bits per heavy atom. The second-order valence-electron chi connectivity index (χ2n) is 5.96. The van der Waals surface area contributed by atoms with E-state index in [2.05, 4.69) is 6.92 Å². The van der Waals surface area contributed by atoms with Crippen LogP contribution in [0.5, 0.6) is 17.2 Å². The molecule has 0 aliphatic rings. The fourth-order valence-corrected chi connectivity index (χ4v) is 3.07. The van der Waals surface area contributed by atoms with Crippen LogP contribution >= 0.6 is 0 Å². The number of rotatable bonds is 9. The van der Waals surface area contributed by atoms with Crippen LogP contribution in [0, 0.1) is 0 Å². The van der Waals surface area contributed by atoms with Gasteiger partial charge in [0.25, 0.3) is 10.1 Å². The zero-order chi connectivity index (χ0) is 18.3. The molecule has 2 aromatic rings. The maximum absolute atomic E-state index is 12.1. The van der Waals surface area contributed by atoms with Crippen molar-refractivity contribution >= 4 is 10.1 Å². The van der Waals surface area contributed by atoms with Crippen molar-refractivity contribution in [2.45, 2.75) is 50.3 Å². The quantitative estimate of drug-likeness (QED) is 0.399. The van der Waals surface area contributed by atoms with Crippen LogP contribution in [0.4, 0.5) is 0 Å². The van der Waals surface area contributed by atoms with Crippen LogP contribution in [-0.2, 0) is 16.5 Å². The predicted molar refractivity (Wildman–Crippen MR) is 94.7 cm³/mol. The predicted octanol–water partition coefficient (Wildman–Crippen LogP) is 1.32. The summed E-state index contributed by atoms with van der Waals surface area (Å²) in [5, 5.41) is 12.1. The van der Waals surface area contributed by atoms with Crippen molar-refractivity contribution in [3.8, 4) is 17.2 Å². The Balaban J connectivity index is 0.00000338. The van der Waals surface area contributed by atoms with Crippen LogP contribution in [0.2, 0.25) is 0 Å². The van der Waals surface area contributed by atoms with Crippen molar-refractivity contribution in [1.82, 2.24) is 0 Å². The van der Waals surface area contributed by atoms with Crippen molar-refractivity contribution in [1.29, 1.82) is 0 Å². The van der Waals surface area contributed by atoms with Crippen LogP contribution in [0.1, 0.15) is 44.6 Å². The Hall–Kier alpha value is -1.05. The van der Waals surface area contributed by atoms with Gasteiger partial charge in [0.15, 0.2) is 0 Å². The molecule has 2 rings (SSSR count). The van der Waals surface area contributed by atoms with Gasteiger partial charge in [0.2, 0.25) is 0 Å². The Morgan fingerprint density at radius 1 is 1.00 bits per heavy atom. The Bertz CT molecular complexity index is 788. The first-order valence-electron chi connectivity index (χ1n) is 8.46. The van der Waals surface area contributed by atoms with Gasteiger partial charge < -0.3 is 9.84 Å². The van der Waals surface area contributed by atoms with Gasteiger partial charge in [0, 0.05) is 0 Å². The molecule has 2 aromatic carbocycles. The molecule has 0 aliphatic heterocycles. The molecule has 0 unspecified atom stereocenters. The summed E-state index contributed by atoms with van der Waals surface area (Å²) in [6, 6.07) is 10.4. The fraction of sp³-hybridized carbons (Fsp3) is 0.368. The van der Waals surface area contributed by atoms with E-state index in [0.29, 0.717) is 5.75 Å². The van der Waals surface area contributed by atoms with Crippen molar-refractivity contribution in [3.63, 3.8) is 0 Å². The van der Waals surface area contributed by atoms with Crippen molar-refractivity contribution in [3.05, 3.63) is 48.0 Å². The molecule has 0 saturated heterocycles. The molecule has 0 amide bonds. The van der Waals surface area contributed by atoms with E-state index < -0.39 is 10.1 Å². The molecular weight excluding hydrogens is 363 g/mol. The molecule has 0 spiro atoms. The Labute approximate surface area is 177 Å². The van der Waals surface area contributed by atoms with Gasteiger partial charge in [-0.1, -0.05) is 56.6 Å². The number of hydrogen-bond donors (Lipinski definition) is 1. The van der Waals surface area contributed by atoms with Crippen LogP contribution in [0.15, 0.2) is 47.4 Å². The molecule has 0 radical (unpaired) electrons. The minimum atomic E-state index is -4.25. The first-order valence-corrected chi connectivity index (χ1v) is 9.90. The third kappa shape index (κ3) is 6.93. The zero-order valence-electron chi connectivity index (χ0n) is 15.3. The standard InChI is InChI=1S/C19H24O5S.Na/c1-2-3-4-5-6-8-15-9-7-10-18(20)19(15)24-16-11-13-17(14-12-16)25(21,22)23;/h7,9-14,20H,2-6,8H2,1H3,(H,21,22,23);/q;+1/p-1. The molecule has 0 aliphatic carbocycles. The van der Waals surface area contributed by atoms with E-state index in [4.69, 9.17) is 9.29 Å². The summed E-state index contributed by atoms with van der Waals surface area (Å²) in [6.45, 7) is 2.17. The van der Waals surface area contributed by atoms with Gasteiger partial charge in [0.1, 0.15) is 11.5 Å². The van der Waals surface area contributed by atoms with Gasteiger partial charge in [-0.2, -0.15) is 8.42 Å². The van der Waals surface area contributed by atoms with Crippen molar-refractivity contribution < 1.29 is 52.4 Å². The third-order valence-corrected chi connectivity index (χ3v) is 4.82. The normalized spacial score (nSPS) is 11.0. The average Bonchev–Trinajstić information content (AvgIpc) is 2.57. The van der Waals surface area contributed by atoms with E-state index in [-0.39, 0.29) is 46.0 Å². The van der Waals surface area contributed by atoms with E-state index in [9.17, 15) is 13.5 Å². The molecule has 26 heavy (non-hydrogen) atoms. The van der Waals surface area contributed by atoms with Gasteiger partial charge in [-0.25, -0.2) is 0 Å². The molecular formula is C19H23NaO5S. The second kappa shape index (κ2) is 10.9. The largest absolute Gasteiger partial charge is 1.00 e. The molecule has 0 saturated carbocycles. The third-order valence-electron chi connectivity index (χ3n) is 3.95. The number of unbranched alkanes of at least 4 members (excludes halogenated alkanes) is 4. The molecule has 0 bridgehead atoms. The first kappa shape index (κ1) is 23.0. The summed E-state index contributed by atoms with van der Waals surface area (Å²) in [4.78, 5) is -0.216. The van der Waals surface area contributed by atoms with Crippen molar-refractivity contribution in [2.24, 2.45) is 0 Å². The summed E-state index contributed by atoms with van der Waals surface area (Å²) in [7, 11) is -4.25.